The van der Waals surface area contributed by atoms with Crippen LogP contribution in [0, 0.1) is 20.2 Å². The third-order valence-corrected chi connectivity index (χ3v) is 4.58. The number of hydrogen-bond donors (Lipinski definition) is 1. The Bertz CT molecular complexity index is 1260. The number of non-ortho nitro benzene ring substituents is 1. The van der Waals surface area contributed by atoms with E-state index in [0.29, 0.717) is 16.1 Å². The van der Waals surface area contributed by atoms with Crippen LogP contribution in [0.4, 0.5) is 11.4 Å². The molecule has 0 fully saturated rings. The minimum Gasteiger partial charge on any atom is -0.490 e. The Labute approximate surface area is 197 Å². The van der Waals surface area contributed by atoms with Gasteiger partial charge >= 0.3 is 5.69 Å². The van der Waals surface area contributed by atoms with E-state index >= 15 is 0 Å². The summed E-state index contributed by atoms with van der Waals surface area (Å²) in [5, 5.41) is 26.7. The topological polar surface area (TPSA) is 146 Å². The molecule has 174 valence electrons. The third-order valence-electron chi connectivity index (χ3n) is 4.32. The maximum atomic E-state index is 12.1. The summed E-state index contributed by atoms with van der Waals surface area (Å²) < 4.78 is 11.2. The second-order valence-electron chi connectivity index (χ2n) is 6.61. The van der Waals surface area contributed by atoms with E-state index in [-0.39, 0.29) is 23.9 Å². The van der Waals surface area contributed by atoms with Crippen LogP contribution in [0.5, 0.6) is 17.2 Å². The summed E-state index contributed by atoms with van der Waals surface area (Å²) in [7, 11) is 0. The second kappa shape index (κ2) is 10.9. The number of amides is 1. The van der Waals surface area contributed by atoms with E-state index < -0.39 is 27.1 Å². The quantitative estimate of drug-likeness (QED) is 0.252. The molecule has 11 nitrogen and oxygen atoms in total. The number of nitro groups is 2. The molecular weight excluding hydrogens is 468 g/mol. The SMILES string of the molecule is CCOc1cc(/C=N\NC(=O)c2ccc(Cl)cc2)ccc1Oc1ccc([N+](=O)[O-])cc1[N+](=O)[O-]. The largest absolute Gasteiger partial charge is 0.490 e. The summed E-state index contributed by atoms with van der Waals surface area (Å²) >= 11 is 5.80. The molecule has 0 aliphatic heterocycles. The zero-order valence-corrected chi connectivity index (χ0v) is 18.4. The maximum Gasteiger partial charge on any atom is 0.318 e. The molecule has 34 heavy (non-hydrogen) atoms. The van der Waals surface area contributed by atoms with Crippen LogP contribution in [0.3, 0.4) is 0 Å². The van der Waals surface area contributed by atoms with E-state index in [1.54, 1.807) is 43.3 Å². The van der Waals surface area contributed by atoms with Gasteiger partial charge in [0, 0.05) is 16.7 Å². The lowest BCUT2D eigenvalue weighted by molar-refractivity contribution is -0.394. The number of ether oxygens (including phenoxy) is 2. The van der Waals surface area contributed by atoms with E-state index in [2.05, 4.69) is 10.5 Å². The zero-order chi connectivity index (χ0) is 24.7. The van der Waals surface area contributed by atoms with Gasteiger partial charge in [-0.1, -0.05) is 11.6 Å². The van der Waals surface area contributed by atoms with Gasteiger partial charge in [-0.3, -0.25) is 25.0 Å². The number of rotatable bonds is 9. The monoisotopic (exact) mass is 484 g/mol. The van der Waals surface area contributed by atoms with Gasteiger partial charge in [0.2, 0.25) is 5.75 Å². The van der Waals surface area contributed by atoms with Crippen molar-refractivity contribution in [2.45, 2.75) is 6.92 Å². The Morgan fingerprint density at radius 1 is 1.00 bits per heavy atom. The summed E-state index contributed by atoms with van der Waals surface area (Å²) in [6, 6.07) is 14.0. The highest BCUT2D eigenvalue weighted by atomic mass is 35.5. The highest BCUT2D eigenvalue weighted by Crippen LogP contribution is 2.38. The number of hydrogen-bond acceptors (Lipinski definition) is 8. The van der Waals surface area contributed by atoms with Gasteiger partial charge in [0.25, 0.3) is 11.6 Å². The van der Waals surface area contributed by atoms with Crippen molar-refractivity contribution < 1.29 is 24.1 Å². The van der Waals surface area contributed by atoms with E-state index in [9.17, 15) is 25.0 Å². The lowest BCUT2D eigenvalue weighted by Crippen LogP contribution is -2.17. The minimum absolute atomic E-state index is 0.154. The van der Waals surface area contributed by atoms with Crippen LogP contribution in [0.15, 0.2) is 65.8 Å². The first-order chi connectivity index (χ1) is 16.3. The predicted octanol–water partition coefficient (Wildman–Crippen LogP) is 5.11. The molecule has 1 amide bonds. The van der Waals surface area contributed by atoms with Gasteiger partial charge in [-0.2, -0.15) is 5.10 Å². The van der Waals surface area contributed by atoms with Crippen LogP contribution in [0.1, 0.15) is 22.8 Å². The Balaban J connectivity index is 1.80. The van der Waals surface area contributed by atoms with Gasteiger partial charge in [-0.15, -0.1) is 0 Å². The van der Waals surface area contributed by atoms with Crippen molar-refractivity contribution >= 4 is 35.1 Å². The molecule has 1 N–H and O–H groups in total. The molecule has 0 saturated heterocycles. The van der Waals surface area contributed by atoms with E-state index in [4.69, 9.17) is 21.1 Å². The molecular formula is C22H17ClN4O7. The van der Waals surface area contributed by atoms with Gasteiger partial charge in [0.05, 0.1) is 28.7 Å². The van der Waals surface area contributed by atoms with Crippen LogP contribution < -0.4 is 14.9 Å². The first-order valence-corrected chi connectivity index (χ1v) is 10.1. The summed E-state index contributed by atoms with van der Waals surface area (Å²) in [6.45, 7) is 2.01. The third kappa shape index (κ3) is 6.04. The van der Waals surface area contributed by atoms with Crippen molar-refractivity contribution in [2.75, 3.05) is 6.61 Å². The first-order valence-electron chi connectivity index (χ1n) is 9.75. The molecule has 0 aliphatic rings. The van der Waals surface area contributed by atoms with Crippen LogP contribution >= 0.6 is 11.6 Å². The van der Waals surface area contributed by atoms with Gasteiger partial charge in [0.1, 0.15) is 0 Å². The molecule has 0 heterocycles. The molecule has 0 aromatic heterocycles. The average Bonchev–Trinajstić information content (AvgIpc) is 2.81. The zero-order valence-electron chi connectivity index (χ0n) is 17.6. The Hall–Kier alpha value is -4.51. The molecule has 0 unspecified atom stereocenters. The van der Waals surface area contributed by atoms with Crippen LogP contribution in [0.25, 0.3) is 0 Å². The molecule has 0 radical (unpaired) electrons. The normalized spacial score (nSPS) is 10.6. The van der Waals surface area contributed by atoms with Crippen LogP contribution in [0.2, 0.25) is 5.02 Å². The van der Waals surface area contributed by atoms with Crippen molar-refractivity contribution in [3.05, 3.63) is 97.0 Å². The summed E-state index contributed by atoms with van der Waals surface area (Å²) in [6.07, 6.45) is 1.38. The second-order valence-corrected chi connectivity index (χ2v) is 7.05. The molecule has 0 atom stereocenters. The van der Waals surface area contributed by atoms with Crippen molar-refractivity contribution in [3.63, 3.8) is 0 Å². The standard InChI is InChI=1S/C22H17ClN4O7/c1-2-33-21-11-14(13-24-25-22(28)15-4-6-16(23)7-5-15)3-9-20(21)34-19-10-8-17(26(29)30)12-18(19)27(31)32/h3-13H,2H2,1H3,(H,25,28)/b24-13-. The Kier molecular flexibility index (Phi) is 7.72. The van der Waals surface area contributed by atoms with E-state index in [0.717, 1.165) is 18.2 Å². The summed E-state index contributed by atoms with van der Waals surface area (Å²) in [5.41, 5.74) is 2.32. The van der Waals surface area contributed by atoms with E-state index in [1.807, 2.05) is 0 Å². The fourth-order valence-electron chi connectivity index (χ4n) is 2.76. The molecule has 12 heteroatoms. The van der Waals surface area contributed by atoms with Crippen molar-refractivity contribution in [2.24, 2.45) is 5.10 Å². The smallest absolute Gasteiger partial charge is 0.318 e. The van der Waals surface area contributed by atoms with E-state index in [1.165, 1.54) is 12.3 Å². The number of carbonyl (C=O) groups is 1. The lowest BCUT2D eigenvalue weighted by Gasteiger charge is -2.12. The van der Waals surface area contributed by atoms with Crippen LogP contribution in [-0.4, -0.2) is 28.6 Å². The minimum atomic E-state index is -0.771. The van der Waals surface area contributed by atoms with Crippen LogP contribution in [-0.2, 0) is 0 Å². The lowest BCUT2D eigenvalue weighted by atomic mass is 10.2. The predicted molar refractivity (Wildman–Crippen MR) is 124 cm³/mol. The highest BCUT2D eigenvalue weighted by Gasteiger charge is 2.22. The van der Waals surface area contributed by atoms with Crippen molar-refractivity contribution in [3.8, 4) is 17.2 Å². The highest BCUT2D eigenvalue weighted by molar-refractivity contribution is 6.30. The summed E-state index contributed by atoms with van der Waals surface area (Å²) in [5.74, 6) is -0.208. The van der Waals surface area contributed by atoms with Gasteiger partial charge in [0.15, 0.2) is 11.5 Å². The molecule has 3 rings (SSSR count). The number of halogens is 1. The van der Waals surface area contributed by atoms with Crippen molar-refractivity contribution in [1.29, 1.82) is 0 Å². The number of carbonyl (C=O) groups excluding carboxylic acids is 1. The summed E-state index contributed by atoms with van der Waals surface area (Å²) in [4.78, 5) is 32.9. The average molecular weight is 485 g/mol. The number of nitrogens with one attached hydrogen (secondary N) is 1. The molecule has 0 spiro atoms. The Morgan fingerprint density at radius 3 is 2.35 bits per heavy atom. The fraction of sp³-hybridized carbons (Fsp3) is 0.0909. The maximum absolute atomic E-state index is 12.1. The van der Waals surface area contributed by atoms with Crippen molar-refractivity contribution in [1.82, 2.24) is 5.43 Å². The number of benzene rings is 3. The number of hydrazone groups is 1. The molecule has 3 aromatic rings. The number of nitro benzene ring substituents is 2. The fourth-order valence-corrected chi connectivity index (χ4v) is 2.88. The Morgan fingerprint density at radius 2 is 1.71 bits per heavy atom. The molecule has 3 aromatic carbocycles. The number of nitrogens with zero attached hydrogens (tertiary/aromatic N) is 3. The van der Waals surface area contributed by atoms with Gasteiger partial charge in [-0.05, 0) is 61.0 Å². The first kappa shape index (κ1) is 24.1. The molecule has 0 saturated carbocycles. The van der Waals surface area contributed by atoms with Gasteiger partial charge in [-0.25, -0.2) is 5.43 Å². The molecule has 0 aliphatic carbocycles. The molecule has 0 bridgehead atoms. The van der Waals surface area contributed by atoms with Gasteiger partial charge < -0.3 is 9.47 Å².